The van der Waals surface area contributed by atoms with Gasteiger partial charge in [-0.25, -0.2) is 0 Å². The van der Waals surface area contributed by atoms with Crippen molar-refractivity contribution >= 4 is 134 Å². The molecule has 18 nitrogen and oxygen atoms in total. The van der Waals surface area contributed by atoms with Gasteiger partial charge in [-0.1, -0.05) is 103 Å². The van der Waals surface area contributed by atoms with Gasteiger partial charge in [-0.2, -0.15) is 4.58 Å². The number of fused-ring (bicyclic) bond motifs is 2. The summed E-state index contributed by atoms with van der Waals surface area (Å²) in [6, 6.07) is 13.5. The summed E-state index contributed by atoms with van der Waals surface area (Å²) in [7, 11) is 2.23. The first-order chi connectivity index (χ1) is 32.4. The summed E-state index contributed by atoms with van der Waals surface area (Å²) < 4.78 is 4.75. The molecule has 1 radical (unpaired) electrons. The molecule has 1 aliphatic heterocycles. The Morgan fingerprint density at radius 1 is 0.797 bits per heavy atom. The van der Waals surface area contributed by atoms with Crippen LogP contribution >= 0.6 is 77.7 Å². The maximum atomic E-state index is 11.1. The van der Waals surface area contributed by atoms with Crippen LogP contribution in [0.1, 0.15) is 57.1 Å². The molecule has 3 aliphatic carbocycles. The van der Waals surface area contributed by atoms with E-state index >= 15 is 0 Å². The van der Waals surface area contributed by atoms with E-state index in [1.165, 1.54) is 64.8 Å². The second-order valence-corrected chi connectivity index (χ2v) is 19.4. The van der Waals surface area contributed by atoms with Gasteiger partial charge in [0.25, 0.3) is 0 Å². The van der Waals surface area contributed by atoms with Crippen LogP contribution in [0, 0.1) is 20.2 Å². The average Bonchev–Trinajstić information content (AvgIpc) is 4.05. The number of nitro groups is 2. The second kappa shape index (κ2) is 24.4. The number of nitrogens with zero attached hydrogens (tertiary/aromatic N) is 10. The summed E-state index contributed by atoms with van der Waals surface area (Å²) in [6.45, 7) is 6.46. The van der Waals surface area contributed by atoms with Crippen molar-refractivity contribution in [3.63, 3.8) is 0 Å². The number of carbonyl (C=O) groups excluding carboxylic acids is 2. The number of allylic oxidation sites excluding steroid dienone is 7. The van der Waals surface area contributed by atoms with Crippen LogP contribution in [0.25, 0.3) is 6.08 Å². The Bertz CT molecular complexity index is 2960. The average molecular weight is 1190 g/mol. The number of rotatable bonds is 9. The molecule has 0 saturated heterocycles. The van der Waals surface area contributed by atoms with Crippen molar-refractivity contribution in [1.29, 1.82) is 0 Å². The topological polar surface area (TPSA) is 245 Å². The number of benzene rings is 2. The number of halogens is 4. The standard InChI is InChI=1S/C26H31Br2N2.2C9H5ClN4O4S.Co/c1-4-30(5-2)21-12-9-19(23(28)18-21)10-14-25-26(15-7-6-8-16-26)22-17-20(27)11-13-24(22)29(25)3;2*10-4-1-5(7(16)2-6(4)15)12-13-9-11-3-8(19-9)14(17)18;/h9-14,17-18H,4-8,15-16H2,1-3H3;2*1-3H,(H2,11,13,15,16);/q+1;;;/p-2. The molecule has 0 unspecified atom stereocenters. The van der Waals surface area contributed by atoms with Crippen LogP contribution in [0.2, 0.25) is 0 Å². The van der Waals surface area contributed by atoms with Crippen LogP contribution in [0.15, 0.2) is 130 Å². The van der Waals surface area contributed by atoms with Crippen molar-refractivity contribution in [3.05, 3.63) is 151 Å². The number of hydrogen-bond acceptors (Lipinski definition) is 15. The van der Waals surface area contributed by atoms with E-state index in [0.29, 0.717) is 0 Å². The fraction of sp³-hybridized carbons (Fsp3) is 0.250. The zero-order valence-electron chi connectivity index (χ0n) is 36.5. The van der Waals surface area contributed by atoms with Crippen LogP contribution in [0.4, 0.5) is 21.4 Å². The van der Waals surface area contributed by atoms with Crippen molar-refractivity contribution < 1.29 is 51.0 Å². The minimum atomic E-state index is -0.600. The predicted molar refractivity (Wildman–Crippen MR) is 270 cm³/mol. The molecule has 0 amide bonds. The molecule has 4 aliphatic rings. The van der Waals surface area contributed by atoms with Crippen molar-refractivity contribution in [1.82, 2.24) is 9.97 Å². The molecule has 2 aromatic heterocycles. The summed E-state index contributed by atoms with van der Waals surface area (Å²) in [5.41, 5.74) is 6.90. The summed E-state index contributed by atoms with van der Waals surface area (Å²) in [5, 5.41) is 53.7. The van der Waals surface area contributed by atoms with Crippen molar-refractivity contribution in [3.8, 4) is 0 Å². The minimum Gasteiger partial charge on any atom is -0.506 e. The molecule has 1 saturated carbocycles. The Kier molecular flexibility index (Phi) is 19.3. The van der Waals surface area contributed by atoms with Gasteiger partial charge >= 0.3 is 10.0 Å². The van der Waals surface area contributed by atoms with E-state index < -0.39 is 21.4 Å². The van der Waals surface area contributed by atoms with Gasteiger partial charge in [0.2, 0.25) is 17.3 Å². The first-order valence-corrected chi connectivity index (χ1v) is 24.5. The summed E-state index contributed by atoms with van der Waals surface area (Å²) in [6.07, 6.45) is 17.3. The van der Waals surface area contributed by atoms with Crippen molar-refractivity contribution in [2.45, 2.75) is 51.4 Å². The molecule has 25 heteroatoms. The number of aliphatic hydroxyl groups is 2. The largest absolute Gasteiger partial charge is 0.506 e. The Hall–Kier alpha value is -5.40. The normalized spacial score (nSPS) is 17.9. The zero-order chi connectivity index (χ0) is 49.3. The van der Waals surface area contributed by atoms with Gasteiger partial charge in [0.15, 0.2) is 5.71 Å². The van der Waals surface area contributed by atoms with Crippen LogP contribution in [-0.4, -0.2) is 73.5 Å². The Morgan fingerprint density at radius 2 is 1.32 bits per heavy atom. The second-order valence-electron chi connectivity index (χ2n) is 14.9. The maximum absolute atomic E-state index is 11.1. The Labute approximate surface area is 439 Å². The SMILES string of the molecule is CCN(CC)c1ccc(/C=C/C2=[N+](C)c3ccc(Br)cc3C23CCCCC3)c(Br)c1.O=C1C=C(O)C(=NN=c2[n-]cc([N+](=O)[O-])s2)C=C1Cl.O=C1C=C(O)C(=NN=c2[n-]cc([N+](=O)[O-])s2)C=C1Cl.[Co]. The third kappa shape index (κ3) is 13.3. The molecular weight excluding hydrogens is 1150 g/mol. The zero-order valence-corrected chi connectivity index (χ0v) is 43.9. The molecule has 0 bridgehead atoms. The third-order valence-corrected chi connectivity index (χ3v) is 14.2. The van der Waals surface area contributed by atoms with Gasteiger partial charge in [0.1, 0.15) is 30.0 Å². The van der Waals surface area contributed by atoms with Gasteiger partial charge < -0.3 is 35.3 Å². The van der Waals surface area contributed by atoms with Crippen LogP contribution in [0.3, 0.4) is 0 Å². The molecule has 1 spiro atoms. The molecular formula is C44H39Br2Cl2CoN10O8S2-. The van der Waals surface area contributed by atoms with Crippen LogP contribution in [0.5, 0.6) is 0 Å². The molecule has 3 heterocycles. The Morgan fingerprint density at radius 3 is 1.78 bits per heavy atom. The van der Waals surface area contributed by atoms with Gasteiger partial charge in [0, 0.05) is 96.4 Å². The van der Waals surface area contributed by atoms with E-state index in [-0.39, 0.29) is 74.8 Å². The first-order valence-electron chi connectivity index (χ1n) is 20.5. The molecule has 363 valence electrons. The summed E-state index contributed by atoms with van der Waals surface area (Å²) >= 11 is 20.2. The monoisotopic (exact) mass is 1190 g/mol. The number of carbonyl (C=O) groups is 2. The quantitative estimate of drug-likeness (QED) is 0.0691. The van der Waals surface area contributed by atoms with Crippen molar-refractivity contribution in [2.24, 2.45) is 20.4 Å². The van der Waals surface area contributed by atoms with Crippen LogP contribution in [-0.2, 0) is 31.8 Å². The summed E-state index contributed by atoms with van der Waals surface area (Å²) in [5.74, 6) is -1.85. The smallest absolute Gasteiger partial charge is 0.319 e. The molecule has 69 heavy (non-hydrogen) atoms. The molecule has 8 rings (SSSR count). The van der Waals surface area contributed by atoms with E-state index in [9.17, 15) is 40.0 Å². The van der Waals surface area contributed by atoms with E-state index in [1.807, 2.05) is 0 Å². The van der Waals surface area contributed by atoms with E-state index in [4.69, 9.17) is 23.2 Å². The van der Waals surface area contributed by atoms with E-state index in [1.54, 1.807) is 0 Å². The van der Waals surface area contributed by atoms with Gasteiger partial charge in [0.05, 0.1) is 25.3 Å². The third-order valence-electron chi connectivity index (χ3n) is 10.8. The van der Waals surface area contributed by atoms with Gasteiger partial charge in [-0.3, -0.25) is 40.0 Å². The van der Waals surface area contributed by atoms with E-state index in [0.717, 1.165) is 76.9 Å². The number of ketones is 2. The molecule has 1 fully saturated rings. The number of anilines is 1. The summed E-state index contributed by atoms with van der Waals surface area (Å²) in [4.78, 5) is 51.7. The fourth-order valence-electron chi connectivity index (χ4n) is 7.52. The predicted octanol–water partition coefficient (Wildman–Crippen LogP) is 9.73. The Balaban J connectivity index is 0.000000200. The number of hydrogen-bond donors (Lipinski definition) is 2. The molecule has 2 aromatic carbocycles. The molecule has 0 atom stereocenters. The van der Waals surface area contributed by atoms with E-state index in [2.05, 4.69) is 141 Å². The van der Waals surface area contributed by atoms with Crippen molar-refractivity contribution in [2.75, 3.05) is 25.0 Å². The molecule has 4 aromatic rings. The number of thiazole rings is 2. The van der Waals surface area contributed by atoms with Crippen LogP contribution < -0.4 is 24.5 Å². The minimum absolute atomic E-state index is 0. The fourth-order valence-corrected chi connectivity index (χ4v) is 9.81. The first kappa shape index (κ1) is 54.5. The number of aromatic nitrogens is 2. The maximum Gasteiger partial charge on any atom is 0.319 e. The number of aliphatic hydroxyl groups excluding tert-OH is 2. The van der Waals surface area contributed by atoms with Gasteiger partial charge in [-0.05, 0) is 74.7 Å². The molecule has 2 N–H and O–H groups in total. The van der Waals surface area contributed by atoms with Gasteiger partial charge in [-0.15, -0.1) is 0 Å².